The van der Waals surface area contributed by atoms with Crippen LogP contribution in [0.3, 0.4) is 0 Å². The number of halogens is 2. The predicted octanol–water partition coefficient (Wildman–Crippen LogP) is 1.53. The van der Waals surface area contributed by atoms with Crippen LogP contribution in [0.2, 0.25) is 5.02 Å². The summed E-state index contributed by atoms with van der Waals surface area (Å²) >= 11 is 5.96. The summed E-state index contributed by atoms with van der Waals surface area (Å²) in [6.45, 7) is 2.93. The van der Waals surface area contributed by atoms with Crippen LogP contribution < -0.4 is 10.6 Å². The number of likely N-dealkylation sites (N-methyl/N-ethyl adjacent to an activating group) is 1. The molecule has 0 aliphatic carbocycles. The molecule has 3 N–H and O–H groups in total. The quantitative estimate of drug-likeness (QED) is 0.669. The summed E-state index contributed by atoms with van der Waals surface area (Å²) in [6.07, 6.45) is 0. The number of rotatable bonds is 7. The Labute approximate surface area is 151 Å². The minimum absolute atomic E-state index is 0. The summed E-state index contributed by atoms with van der Waals surface area (Å²) in [4.78, 5) is 35.7. The fourth-order valence-corrected chi connectivity index (χ4v) is 1.90. The molecule has 1 atom stereocenters. The molecular formula is C15H21Cl2N3O4. The van der Waals surface area contributed by atoms with Crippen molar-refractivity contribution in [1.82, 2.24) is 10.2 Å². The summed E-state index contributed by atoms with van der Waals surface area (Å²) in [5.74, 6) is -1.84. The topological polar surface area (TPSA) is 98.7 Å². The molecule has 0 fully saturated rings. The Bertz CT molecular complexity index is 610. The van der Waals surface area contributed by atoms with Crippen LogP contribution in [0.5, 0.6) is 0 Å². The molecule has 0 aliphatic heterocycles. The van der Waals surface area contributed by atoms with E-state index in [9.17, 15) is 14.4 Å². The largest absolute Gasteiger partial charge is 0.480 e. The lowest BCUT2D eigenvalue weighted by Gasteiger charge is -2.20. The van der Waals surface area contributed by atoms with Crippen LogP contribution in [-0.4, -0.2) is 54.0 Å². The first-order valence-corrected chi connectivity index (χ1v) is 7.35. The molecule has 0 spiro atoms. The van der Waals surface area contributed by atoms with Crippen LogP contribution >= 0.6 is 24.0 Å². The molecule has 1 aromatic carbocycles. The third kappa shape index (κ3) is 6.74. The summed E-state index contributed by atoms with van der Waals surface area (Å²) in [6, 6.07) is 4.35. The van der Waals surface area contributed by atoms with Gasteiger partial charge in [0.25, 0.3) is 0 Å². The van der Waals surface area contributed by atoms with Crippen molar-refractivity contribution in [3.8, 4) is 0 Å². The Morgan fingerprint density at radius 1 is 1.29 bits per heavy atom. The Morgan fingerprint density at radius 3 is 2.50 bits per heavy atom. The number of carbonyl (C=O) groups excluding carboxylic acids is 2. The van der Waals surface area contributed by atoms with Crippen molar-refractivity contribution < 1.29 is 19.5 Å². The molecule has 9 heteroatoms. The lowest BCUT2D eigenvalue weighted by Crippen LogP contribution is -2.44. The highest BCUT2D eigenvalue weighted by molar-refractivity contribution is 6.31. The van der Waals surface area contributed by atoms with Crippen molar-refractivity contribution in [1.29, 1.82) is 0 Å². The van der Waals surface area contributed by atoms with Gasteiger partial charge in [-0.3, -0.25) is 19.3 Å². The molecule has 134 valence electrons. The van der Waals surface area contributed by atoms with Crippen LogP contribution in [0.1, 0.15) is 12.5 Å². The fraction of sp³-hybridized carbons (Fsp3) is 0.400. The molecule has 2 amide bonds. The second-order valence-corrected chi connectivity index (χ2v) is 5.57. The van der Waals surface area contributed by atoms with E-state index in [0.717, 1.165) is 5.56 Å². The molecule has 0 radical (unpaired) electrons. The van der Waals surface area contributed by atoms with Crippen LogP contribution in [0.15, 0.2) is 18.2 Å². The maximum absolute atomic E-state index is 11.8. The standard InChI is InChI=1S/C15H20ClN3O4.ClH/c1-9-11(16)5-4-6-12(9)18-13(20)7-17-14(21)8-19(3)10(2)15(22)23;/h4-6,10H,7-8H2,1-3H3,(H,17,21)(H,18,20)(H,22,23);1H. The maximum Gasteiger partial charge on any atom is 0.320 e. The van der Waals surface area contributed by atoms with Crippen molar-refractivity contribution in [3.05, 3.63) is 28.8 Å². The molecule has 0 saturated heterocycles. The van der Waals surface area contributed by atoms with E-state index in [0.29, 0.717) is 10.7 Å². The van der Waals surface area contributed by atoms with Gasteiger partial charge >= 0.3 is 5.97 Å². The van der Waals surface area contributed by atoms with Crippen molar-refractivity contribution in [2.75, 3.05) is 25.5 Å². The number of nitrogens with one attached hydrogen (secondary N) is 2. The normalized spacial score (nSPS) is 11.4. The van der Waals surface area contributed by atoms with Gasteiger partial charge in [-0.2, -0.15) is 0 Å². The first-order valence-electron chi connectivity index (χ1n) is 6.97. The highest BCUT2D eigenvalue weighted by Gasteiger charge is 2.19. The van der Waals surface area contributed by atoms with Crippen LogP contribution in [-0.2, 0) is 14.4 Å². The van der Waals surface area contributed by atoms with Crippen LogP contribution in [0.4, 0.5) is 5.69 Å². The number of carboxylic acids is 1. The minimum atomic E-state index is -1.02. The van der Waals surface area contributed by atoms with Gasteiger partial charge in [-0.1, -0.05) is 17.7 Å². The number of aliphatic carboxylic acids is 1. The average Bonchev–Trinajstić information content (AvgIpc) is 2.48. The number of nitrogens with zero attached hydrogens (tertiary/aromatic N) is 1. The first kappa shape index (κ1) is 22.2. The number of hydrogen-bond donors (Lipinski definition) is 3. The van der Waals surface area contributed by atoms with Crippen molar-refractivity contribution in [2.24, 2.45) is 0 Å². The molecule has 0 saturated carbocycles. The van der Waals surface area contributed by atoms with Crippen LogP contribution in [0.25, 0.3) is 0 Å². The van der Waals surface area contributed by atoms with Gasteiger partial charge in [0.15, 0.2) is 0 Å². The molecule has 1 aromatic rings. The first-order chi connectivity index (χ1) is 10.7. The van der Waals surface area contributed by atoms with Gasteiger partial charge in [-0.05, 0) is 38.6 Å². The second kappa shape index (κ2) is 10.1. The third-order valence-corrected chi connectivity index (χ3v) is 3.81. The molecule has 0 aliphatic rings. The highest BCUT2D eigenvalue weighted by atomic mass is 35.5. The Balaban J connectivity index is 0.00000529. The number of amides is 2. The number of anilines is 1. The number of carbonyl (C=O) groups is 3. The lowest BCUT2D eigenvalue weighted by atomic mass is 10.2. The Kier molecular flexibility index (Phi) is 9.35. The summed E-state index contributed by atoms with van der Waals surface area (Å²) in [5, 5.41) is 14.5. The molecule has 1 rings (SSSR count). The van der Waals surface area contributed by atoms with Crippen molar-refractivity contribution in [3.63, 3.8) is 0 Å². The fourth-order valence-electron chi connectivity index (χ4n) is 1.72. The van der Waals surface area contributed by atoms with Crippen molar-refractivity contribution in [2.45, 2.75) is 19.9 Å². The van der Waals surface area contributed by atoms with Gasteiger partial charge in [-0.25, -0.2) is 0 Å². The van der Waals surface area contributed by atoms with Gasteiger partial charge in [-0.15, -0.1) is 12.4 Å². The number of hydrogen-bond acceptors (Lipinski definition) is 4. The van der Waals surface area contributed by atoms with Gasteiger partial charge in [0.2, 0.25) is 11.8 Å². The zero-order valence-corrected chi connectivity index (χ0v) is 15.2. The SMILES string of the molecule is Cc1c(Cl)cccc1NC(=O)CNC(=O)CN(C)C(C)C(=O)O.Cl. The van der Waals surface area contributed by atoms with Gasteiger partial charge in [0.05, 0.1) is 13.1 Å². The highest BCUT2D eigenvalue weighted by Crippen LogP contribution is 2.22. The number of carboxylic acid groups (broad SMARTS) is 1. The van der Waals surface area contributed by atoms with Crippen molar-refractivity contribution >= 4 is 47.5 Å². The smallest absolute Gasteiger partial charge is 0.320 e. The summed E-state index contributed by atoms with van der Waals surface area (Å²) in [5.41, 5.74) is 1.32. The molecule has 1 unspecified atom stereocenters. The van der Waals surface area contributed by atoms with E-state index in [-0.39, 0.29) is 25.5 Å². The summed E-state index contributed by atoms with van der Waals surface area (Å²) in [7, 11) is 1.52. The number of benzene rings is 1. The monoisotopic (exact) mass is 377 g/mol. The second-order valence-electron chi connectivity index (χ2n) is 5.17. The van der Waals surface area contributed by atoms with E-state index in [2.05, 4.69) is 10.6 Å². The molecule has 0 heterocycles. The van der Waals surface area contributed by atoms with E-state index >= 15 is 0 Å². The van der Waals surface area contributed by atoms with Gasteiger partial charge in [0.1, 0.15) is 6.04 Å². The molecular weight excluding hydrogens is 357 g/mol. The molecule has 24 heavy (non-hydrogen) atoms. The van der Waals surface area contributed by atoms with E-state index in [1.54, 1.807) is 25.1 Å². The molecule has 7 nitrogen and oxygen atoms in total. The predicted molar refractivity (Wildman–Crippen MR) is 94.8 cm³/mol. The van der Waals surface area contributed by atoms with E-state index in [1.807, 2.05) is 0 Å². The van der Waals surface area contributed by atoms with E-state index < -0.39 is 23.8 Å². The summed E-state index contributed by atoms with van der Waals surface area (Å²) < 4.78 is 0. The minimum Gasteiger partial charge on any atom is -0.480 e. The zero-order chi connectivity index (χ0) is 17.6. The molecule has 0 aromatic heterocycles. The maximum atomic E-state index is 11.8. The van der Waals surface area contributed by atoms with Gasteiger partial charge in [0, 0.05) is 10.7 Å². The average molecular weight is 378 g/mol. The Morgan fingerprint density at radius 2 is 1.92 bits per heavy atom. The third-order valence-electron chi connectivity index (χ3n) is 3.40. The van der Waals surface area contributed by atoms with E-state index in [1.165, 1.54) is 18.9 Å². The zero-order valence-electron chi connectivity index (χ0n) is 13.6. The van der Waals surface area contributed by atoms with E-state index in [4.69, 9.17) is 16.7 Å². The molecule has 0 bridgehead atoms. The lowest BCUT2D eigenvalue weighted by molar-refractivity contribution is -0.142. The Hall–Kier alpha value is -1.83. The van der Waals surface area contributed by atoms with Crippen LogP contribution in [0, 0.1) is 6.92 Å². The van der Waals surface area contributed by atoms with Gasteiger partial charge < -0.3 is 15.7 Å².